The molecular weight excluding hydrogens is 326 g/mol. The molecule has 0 aromatic rings. The molecule has 1 amide bonds. The van der Waals surface area contributed by atoms with Crippen LogP contribution < -0.4 is 4.72 Å². The van der Waals surface area contributed by atoms with Crippen LogP contribution in [0.2, 0.25) is 0 Å². The molecule has 2 rings (SSSR count). The minimum Gasteiger partial charge on any atom is -0.343 e. The molecule has 6 nitrogen and oxygen atoms in total. The van der Waals surface area contributed by atoms with Gasteiger partial charge < -0.3 is 4.90 Å². The van der Waals surface area contributed by atoms with Crippen LogP contribution in [-0.4, -0.2) is 68.1 Å². The fourth-order valence-electron chi connectivity index (χ4n) is 4.06. The monoisotopic (exact) mass is 359 g/mol. The standard InChI is InChI=1S/C17H33N3O3S/c1-5-10-24(22,23)18-17-12-20(11-16(17)13(2)3)15-6-8-19(9-7-15)14(4)21/h13,15-18H,5-12H2,1-4H3/t16-,17+/m1/s1. The highest BCUT2D eigenvalue weighted by Gasteiger charge is 2.40. The van der Waals surface area contributed by atoms with E-state index in [1.54, 1.807) is 6.92 Å². The smallest absolute Gasteiger partial charge is 0.219 e. The van der Waals surface area contributed by atoms with Crippen LogP contribution in [0.15, 0.2) is 0 Å². The van der Waals surface area contributed by atoms with Crippen molar-refractivity contribution in [2.45, 2.75) is 59.0 Å². The van der Waals surface area contributed by atoms with E-state index in [0.717, 1.165) is 39.0 Å². The summed E-state index contributed by atoms with van der Waals surface area (Å²) in [7, 11) is -3.19. The second kappa shape index (κ2) is 8.15. The van der Waals surface area contributed by atoms with Gasteiger partial charge in [0.15, 0.2) is 0 Å². The van der Waals surface area contributed by atoms with Gasteiger partial charge in [0.25, 0.3) is 0 Å². The number of piperidine rings is 1. The highest BCUT2D eigenvalue weighted by Crippen LogP contribution is 2.29. The fourth-order valence-corrected chi connectivity index (χ4v) is 5.43. The van der Waals surface area contributed by atoms with Gasteiger partial charge in [0.1, 0.15) is 0 Å². The van der Waals surface area contributed by atoms with Crippen LogP contribution in [0.25, 0.3) is 0 Å². The van der Waals surface area contributed by atoms with Gasteiger partial charge in [-0.3, -0.25) is 9.69 Å². The quantitative estimate of drug-likeness (QED) is 0.776. The topological polar surface area (TPSA) is 69.7 Å². The number of hydrogen-bond donors (Lipinski definition) is 1. The molecule has 2 atom stereocenters. The molecule has 2 saturated heterocycles. The summed E-state index contributed by atoms with van der Waals surface area (Å²) in [6, 6.07) is 0.468. The highest BCUT2D eigenvalue weighted by atomic mass is 32.2. The van der Waals surface area contributed by atoms with E-state index in [0.29, 0.717) is 24.3 Å². The van der Waals surface area contributed by atoms with E-state index in [1.807, 2.05) is 11.8 Å². The van der Waals surface area contributed by atoms with Crippen LogP contribution in [0, 0.1) is 11.8 Å². The molecule has 0 aromatic heterocycles. The van der Waals surface area contributed by atoms with Gasteiger partial charge in [-0.15, -0.1) is 0 Å². The van der Waals surface area contributed by atoms with Gasteiger partial charge in [0.05, 0.1) is 5.75 Å². The van der Waals surface area contributed by atoms with Crippen LogP contribution in [0.5, 0.6) is 0 Å². The summed E-state index contributed by atoms with van der Waals surface area (Å²) < 4.78 is 27.3. The third-order valence-electron chi connectivity index (χ3n) is 5.48. The van der Waals surface area contributed by atoms with Crippen molar-refractivity contribution in [3.8, 4) is 0 Å². The zero-order valence-electron chi connectivity index (χ0n) is 15.5. The van der Waals surface area contributed by atoms with Crippen LogP contribution in [0.3, 0.4) is 0 Å². The molecule has 0 unspecified atom stereocenters. The van der Waals surface area contributed by atoms with Crippen molar-refractivity contribution in [1.29, 1.82) is 0 Å². The van der Waals surface area contributed by atoms with Crippen molar-refractivity contribution < 1.29 is 13.2 Å². The first-order valence-corrected chi connectivity index (χ1v) is 10.9. The molecule has 2 heterocycles. The number of sulfonamides is 1. The lowest BCUT2D eigenvalue weighted by atomic mass is 9.92. The predicted molar refractivity (Wildman–Crippen MR) is 96.2 cm³/mol. The molecule has 0 radical (unpaired) electrons. The Morgan fingerprint density at radius 2 is 1.83 bits per heavy atom. The molecule has 2 fully saturated rings. The Morgan fingerprint density at radius 1 is 1.21 bits per heavy atom. The van der Waals surface area contributed by atoms with Crippen molar-refractivity contribution in [2.24, 2.45) is 11.8 Å². The van der Waals surface area contributed by atoms with Crippen LogP contribution in [0.4, 0.5) is 0 Å². The van der Waals surface area contributed by atoms with E-state index in [4.69, 9.17) is 0 Å². The highest BCUT2D eigenvalue weighted by molar-refractivity contribution is 7.89. The maximum absolute atomic E-state index is 12.2. The first-order chi connectivity index (χ1) is 11.2. The molecule has 7 heteroatoms. The molecule has 2 aliphatic rings. The van der Waals surface area contributed by atoms with Crippen molar-refractivity contribution in [3.63, 3.8) is 0 Å². The van der Waals surface area contributed by atoms with Gasteiger partial charge in [-0.25, -0.2) is 13.1 Å². The Morgan fingerprint density at radius 3 is 2.33 bits per heavy atom. The van der Waals surface area contributed by atoms with Crippen molar-refractivity contribution in [1.82, 2.24) is 14.5 Å². The summed E-state index contributed by atoms with van der Waals surface area (Å²) in [5, 5.41) is 0. The largest absolute Gasteiger partial charge is 0.343 e. The SMILES string of the molecule is CCCS(=O)(=O)N[C@H]1CN(C2CCN(C(C)=O)CC2)C[C@@H]1C(C)C. The second-order valence-corrected chi connectivity index (χ2v) is 9.52. The van der Waals surface area contributed by atoms with E-state index in [9.17, 15) is 13.2 Å². The average molecular weight is 360 g/mol. The first kappa shape index (κ1) is 19.7. The number of hydrogen-bond acceptors (Lipinski definition) is 4. The van der Waals surface area contributed by atoms with E-state index in [2.05, 4.69) is 23.5 Å². The van der Waals surface area contributed by atoms with E-state index >= 15 is 0 Å². The number of nitrogens with one attached hydrogen (secondary N) is 1. The molecule has 0 spiro atoms. The molecule has 1 N–H and O–H groups in total. The molecule has 0 aliphatic carbocycles. The van der Waals surface area contributed by atoms with Gasteiger partial charge in [-0.05, 0) is 31.1 Å². The Labute approximate surface area is 147 Å². The molecule has 24 heavy (non-hydrogen) atoms. The number of carbonyl (C=O) groups excluding carboxylic acids is 1. The number of nitrogens with zero attached hydrogens (tertiary/aromatic N) is 2. The van der Waals surface area contributed by atoms with Gasteiger partial charge in [-0.1, -0.05) is 20.8 Å². The third-order valence-corrected chi connectivity index (χ3v) is 7.09. The predicted octanol–water partition coefficient (Wildman–Crippen LogP) is 1.28. The summed E-state index contributed by atoms with van der Waals surface area (Å²) in [4.78, 5) is 15.8. The molecule has 0 aromatic carbocycles. The molecule has 0 saturated carbocycles. The lowest BCUT2D eigenvalue weighted by Gasteiger charge is -2.36. The Hall–Kier alpha value is -0.660. The summed E-state index contributed by atoms with van der Waals surface area (Å²) in [5.74, 6) is 1.15. The summed E-state index contributed by atoms with van der Waals surface area (Å²) in [6.45, 7) is 11.2. The van der Waals surface area contributed by atoms with Crippen molar-refractivity contribution in [2.75, 3.05) is 31.9 Å². The molecule has 2 aliphatic heterocycles. The lowest BCUT2D eigenvalue weighted by molar-refractivity contribution is -0.130. The Kier molecular flexibility index (Phi) is 6.67. The number of rotatable bonds is 6. The van der Waals surface area contributed by atoms with Crippen LogP contribution >= 0.6 is 0 Å². The fraction of sp³-hybridized carbons (Fsp3) is 0.941. The normalized spacial score (nSPS) is 27.1. The summed E-state index contributed by atoms with van der Waals surface area (Å²) >= 11 is 0. The van der Waals surface area contributed by atoms with Gasteiger partial charge in [-0.2, -0.15) is 0 Å². The Balaban J connectivity index is 1.98. The van der Waals surface area contributed by atoms with Crippen LogP contribution in [-0.2, 0) is 14.8 Å². The minimum atomic E-state index is -3.19. The average Bonchev–Trinajstić information content (AvgIpc) is 2.90. The van der Waals surface area contributed by atoms with Gasteiger partial charge in [0.2, 0.25) is 15.9 Å². The molecule has 0 bridgehead atoms. The van der Waals surface area contributed by atoms with Crippen LogP contribution in [0.1, 0.15) is 47.0 Å². The summed E-state index contributed by atoms with van der Waals surface area (Å²) in [6.07, 6.45) is 2.61. The number of amides is 1. The van der Waals surface area contributed by atoms with E-state index in [-0.39, 0.29) is 17.7 Å². The third kappa shape index (κ3) is 4.92. The summed E-state index contributed by atoms with van der Waals surface area (Å²) in [5.41, 5.74) is 0. The lowest BCUT2D eigenvalue weighted by Crippen LogP contribution is -2.46. The zero-order chi connectivity index (χ0) is 17.9. The van der Waals surface area contributed by atoms with E-state index in [1.165, 1.54) is 0 Å². The zero-order valence-corrected chi connectivity index (χ0v) is 16.3. The molecular formula is C17H33N3O3S. The molecule has 140 valence electrons. The maximum atomic E-state index is 12.2. The number of carbonyl (C=O) groups is 1. The van der Waals surface area contributed by atoms with E-state index < -0.39 is 10.0 Å². The maximum Gasteiger partial charge on any atom is 0.219 e. The van der Waals surface area contributed by atoms with Crippen molar-refractivity contribution >= 4 is 15.9 Å². The second-order valence-electron chi connectivity index (χ2n) is 7.64. The number of likely N-dealkylation sites (tertiary alicyclic amines) is 2. The van der Waals surface area contributed by atoms with Crippen molar-refractivity contribution in [3.05, 3.63) is 0 Å². The Bertz CT molecular complexity index is 527. The van der Waals surface area contributed by atoms with Gasteiger partial charge >= 0.3 is 0 Å². The first-order valence-electron chi connectivity index (χ1n) is 9.23. The minimum absolute atomic E-state index is 0.00684. The van der Waals surface area contributed by atoms with Gasteiger partial charge in [0, 0.05) is 45.2 Å².